The van der Waals surface area contributed by atoms with Crippen LogP contribution in [0.25, 0.3) is 0 Å². The minimum absolute atomic E-state index is 0.00376. The minimum Gasteiger partial charge on any atom is -0.452 e. The average molecular weight is 328 g/mol. The van der Waals surface area contributed by atoms with Crippen LogP contribution in [0.15, 0.2) is 83.7 Å². The first kappa shape index (κ1) is 14.7. The molecule has 1 aliphatic heterocycles. The normalized spacial score (nSPS) is 31.0. The van der Waals surface area contributed by atoms with Crippen molar-refractivity contribution in [2.24, 2.45) is 17.8 Å². The molecule has 0 aromatic heterocycles. The van der Waals surface area contributed by atoms with Crippen molar-refractivity contribution in [3.05, 3.63) is 89.3 Å². The van der Waals surface area contributed by atoms with Crippen molar-refractivity contribution in [1.29, 1.82) is 0 Å². The summed E-state index contributed by atoms with van der Waals surface area (Å²) in [6.45, 7) is 0. The Labute approximate surface area is 147 Å². The van der Waals surface area contributed by atoms with E-state index in [-0.39, 0.29) is 5.78 Å². The van der Waals surface area contributed by atoms with Gasteiger partial charge in [0.15, 0.2) is 5.76 Å². The molecule has 124 valence electrons. The van der Waals surface area contributed by atoms with Crippen molar-refractivity contribution in [2.45, 2.75) is 19.3 Å². The van der Waals surface area contributed by atoms with Gasteiger partial charge in [-0.2, -0.15) is 0 Å². The SMILES string of the molecule is O=C1/C(=C/C2=C3CC=CCC3CC3C=CC=CC23)Oc2ccccc21. The van der Waals surface area contributed by atoms with Crippen LogP contribution in [0.1, 0.15) is 29.6 Å². The van der Waals surface area contributed by atoms with Crippen LogP contribution in [0.4, 0.5) is 0 Å². The molecule has 0 N–H and O–H groups in total. The highest BCUT2D eigenvalue weighted by Crippen LogP contribution is 2.46. The van der Waals surface area contributed by atoms with E-state index in [0.29, 0.717) is 34.8 Å². The maximum absolute atomic E-state index is 12.7. The molecule has 1 aromatic rings. The molecule has 0 bridgehead atoms. The number of carbonyl (C=O) groups excluding carboxylic acids is 1. The number of ether oxygens (including phenoxy) is 1. The number of hydrogen-bond acceptors (Lipinski definition) is 2. The Kier molecular flexibility index (Phi) is 3.37. The number of fused-ring (bicyclic) bond motifs is 3. The van der Waals surface area contributed by atoms with Gasteiger partial charge in [-0.3, -0.25) is 4.79 Å². The molecule has 4 aliphatic rings. The molecule has 0 radical (unpaired) electrons. The zero-order valence-electron chi connectivity index (χ0n) is 14.0. The fraction of sp³-hybridized carbons (Fsp3) is 0.261. The third kappa shape index (κ3) is 2.36. The quantitative estimate of drug-likeness (QED) is 0.525. The second-order valence-corrected chi connectivity index (χ2v) is 7.22. The lowest BCUT2D eigenvalue weighted by Crippen LogP contribution is -2.28. The van der Waals surface area contributed by atoms with Gasteiger partial charge >= 0.3 is 0 Å². The Morgan fingerprint density at radius 1 is 1.08 bits per heavy atom. The molecule has 2 heteroatoms. The number of carbonyl (C=O) groups is 1. The minimum atomic E-state index is 0.00376. The summed E-state index contributed by atoms with van der Waals surface area (Å²) in [6, 6.07) is 7.50. The van der Waals surface area contributed by atoms with Crippen LogP contribution in [-0.4, -0.2) is 5.78 Å². The van der Waals surface area contributed by atoms with Crippen molar-refractivity contribution in [3.63, 3.8) is 0 Å². The molecular formula is C23H20O2. The van der Waals surface area contributed by atoms with Gasteiger partial charge < -0.3 is 4.74 Å². The molecule has 25 heavy (non-hydrogen) atoms. The lowest BCUT2D eigenvalue weighted by atomic mass is 9.66. The molecule has 0 amide bonds. The summed E-state index contributed by atoms with van der Waals surface area (Å²) in [5.74, 6) is 2.63. The van der Waals surface area contributed by atoms with Crippen LogP contribution in [0, 0.1) is 17.8 Å². The van der Waals surface area contributed by atoms with Crippen LogP contribution < -0.4 is 4.74 Å². The van der Waals surface area contributed by atoms with E-state index in [4.69, 9.17) is 4.74 Å². The molecular weight excluding hydrogens is 308 g/mol. The van der Waals surface area contributed by atoms with E-state index < -0.39 is 0 Å². The van der Waals surface area contributed by atoms with Gasteiger partial charge in [0.1, 0.15) is 5.75 Å². The van der Waals surface area contributed by atoms with E-state index in [1.807, 2.05) is 30.3 Å². The van der Waals surface area contributed by atoms with Gasteiger partial charge in [0, 0.05) is 5.92 Å². The topological polar surface area (TPSA) is 26.3 Å². The van der Waals surface area contributed by atoms with Gasteiger partial charge in [0.25, 0.3) is 0 Å². The number of rotatable bonds is 1. The van der Waals surface area contributed by atoms with Crippen LogP contribution in [0.2, 0.25) is 0 Å². The lowest BCUT2D eigenvalue weighted by molar-refractivity contribution is 0.101. The Morgan fingerprint density at radius 2 is 1.96 bits per heavy atom. The predicted molar refractivity (Wildman–Crippen MR) is 98.3 cm³/mol. The van der Waals surface area contributed by atoms with Crippen LogP contribution >= 0.6 is 0 Å². The van der Waals surface area contributed by atoms with Gasteiger partial charge in [-0.25, -0.2) is 0 Å². The van der Waals surface area contributed by atoms with E-state index in [2.05, 4.69) is 36.5 Å². The standard InChI is InChI=1S/C23H20O2/c24-23-19-11-5-6-12-21(19)25-22(23)14-20-17-9-3-1-7-15(17)13-16-8-2-4-10-18(16)20/h1-7,9,11-12,14-17H,8,10,13H2/b22-14-. The maximum atomic E-state index is 12.7. The summed E-state index contributed by atoms with van der Waals surface area (Å²) < 4.78 is 5.90. The highest BCUT2D eigenvalue weighted by atomic mass is 16.5. The number of Topliss-reactive ketones (excluding diaryl/α,β-unsaturated/α-hetero) is 1. The highest BCUT2D eigenvalue weighted by molar-refractivity contribution is 6.12. The molecule has 1 aromatic carbocycles. The Balaban J connectivity index is 1.60. The zero-order valence-corrected chi connectivity index (χ0v) is 14.0. The summed E-state index contributed by atoms with van der Waals surface area (Å²) in [5.41, 5.74) is 3.46. The van der Waals surface area contributed by atoms with Crippen molar-refractivity contribution >= 4 is 5.78 Å². The second-order valence-electron chi connectivity index (χ2n) is 7.22. The molecule has 5 rings (SSSR count). The van der Waals surface area contributed by atoms with Crippen molar-refractivity contribution < 1.29 is 9.53 Å². The van der Waals surface area contributed by atoms with E-state index in [0.717, 1.165) is 12.8 Å². The number of ketones is 1. The van der Waals surface area contributed by atoms with Gasteiger partial charge in [-0.05, 0) is 54.9 Å². The Hall–Kier alpha value is -2.61. The highest BCUT2D eigenvalue weighted by Gasteiger charge is 2.36. The predicted octanol–water partition coefficient (Wildman–Crippen LogP) is 5.17. The number of allylic oxidation sites excluding steroid dienone is 10. The molecule has 0 saturated heterocycles. The van der Waals surface area contributed by atoms with Crippen LogP contribution in [0.5, 0.6) is 5.75 Å². The van der Waals surface area contributed by atoms with Crippen LogP contribution in [0.3, 0.4) is 0 Å². The monoisotopic (exact) mass is 328 g/mol. The smallest absolute Gasteiger partial charge is 0.231 e. The van der Waals surface area contributed by atoms with Gasteiger partial charge in [0.2, 0.25) is 5.78 Å². The first-order valence-electron chi connectivity index (χ1n) is 9.07. The molecule has 2 nitrogen and oxygen atoms in total. The third-order valence-corrected chi connectivity index (χ3v) is 5.82. The number of benzene rings is 1. The number of hydrogen-bond donors (Lipinski definition) is 0. The Bertz CT molecular complexity index is 894. The average Bonchev–Trinajstić information content (AvgIpc) is 2.97. The molecule has 0 saturated carbocycles. The summed E-state index contributed by atoms with van der Waals surface area (Å²) in [7, 11) is 0. The summed E-state index contributed by atoms with van der Waals surface area (Å²) >= 11 is 0. The molecule has 3 atom stereocenters. The van der Waals surface area contributed by atoms with Gasteiger partial charge in [-0.15, -0.1) is 0 Å². The van der Waals surface area contributed by atoms with Crippen LogP contribution in [-0.2, 0) is 0 Å². The van der Waals surface area contributed by atoms with E-state index in [9.17, 15) is 4.79 Å². The first-order chi connectivity index (χ1) is 12.3. The number of para-hydroxylation sites is 1. The largest absolute Gasteiger partial charge is 0.452 e. The molecule has 3 unspecified atom stereocenters. The van der Waals surface area contributed by atoms with Crippen molar-refractivity contribution in [1.82, 2.24) is 0 Å². The molecule has 1 heterocycles. The zero-order chi connectivity index (χ0) is 16.8. The Morgan fingerprint density at radius 3 is 2.88 bits per heavy atom. The molecule has 0 spiro atoms. The maximum Gasteiger partial charge on any atom is 0.231 e. The third-order valence-electron chi connectivity index (χ3n) is 5.82. The van der Waals surface area contributed by atoms with E-state index in [1.54, 1.807) is 0 Å². The fourth-order valence-electron chi connectivity index (χ4n) is 4.59. The van der Waals surface area contributed by atoms with Crippen molar-refractivity contribution in [2.75, 3.05) is 0 Å². The fourth-order valence-corrected chi connectivity index (χ4v) is 4.59. The van der Waals surface area contributed by atoms with E-state index in [1.165, 1.54) is 17.6 Å². The summed E-state index contributed by atoms with van der Waals surface area (Å²) in [6.07, 6.45) is 18.8. The van der Waals surface area contributed by atoms with Crippen molar-refractivity contribution in [3.8, 4) is 5.75 Å². The van der Waals surface area contributed by atoms with Gasteiger partial charge in [-0.1, -0.05) is 54.2 Å². The summed E-state index contributed by atoms with van der Waals surface area (Å²) in [4.78, 5) is 12.7. The van der Waals surface area contributed by atoms with E-state index >= 15 is 0 Å². The molecule has 3 aliphatic carbocycles. The molecule has 0 fully saturated rings. The lowest BCUT2D eigenvalue weighted by Gasteiger charge is -2.39. The second kappa shape index (κ2) is 5.73. The summed E-state index contributed by atoms with van der Waals surface area (Å²) in [5, 5.41) is 0. The first-order valence-corrected chi connectivity index (χ1v) is 9.07. The van der Waals surface area contributed by atoms with Gasteiger partial charge in [0.05, 0.1) is 5.56 Å².